The summed E-state index contributed by atoms with van der Waals surface area (Å²) in [5, 5.41) is 0. The van der Waals surface area contributed by atoms with Crippen LogP contribution in [0.25, 0.3) is 44.5 Å². The summed E-state index contributed by atoms with van der Waals surface area (Å²) >= 11 is 0. The number of nitrogens with zero attached hydrogens (tertiary/aromatic N) is 2. The van der Waals surface area contributed by atoms with E-state index in [1.54, 1.807) is 0 Å². The van der Waals surface area contributed by atoms with Crippen LogP contribution in [-0.2, 0) is 16.2 Å². The van der Waals surface area contributed by atoms with Crippen LogP contribution in [0.3, 0.4) is 0 Å². The Labute approximate surface area is 367 Å². The van der Waals surface area contributed by atoms with Gasteiger partial charge in [0.1, 0.15) is 0 Å². The minimum Gasteiger partial charge on any atom is -0.376 e. The summed E-state index contributed by atoms with van der Waals surface area (Å²) < 4.78 is 0. The summed E-state index contributed by atoms with van der Waals surface area (Å²) in [6.45, 7) is 14.7. The maximum atomic E-state index is 2.70. The van der Waals surface area contributed by atoms with E-state index in [2.05, 4.69) is 227 Å². The lowest BCUT2D eigenvalue weighted by Crippen LogP contribution is -2.62. The first-order chi connectivity index (χ1) is 30.0. The molecule has 0 radical (unpaired) electrons. The molecular formula is C59H51BN2. The van der Waals surface area contributed by atoms with Gasteiger partial charge in [0.05, 0.1) is 5.69 Å². The molecule has 0 bridgehead atoms. The molecule has 8 aromatic rings. The molecule has 1 aliphatic carbocycles. The van der Waals surface area contributed by atoms with Crippen molar-refractivity contribution in [2.24, 2.45) is 0 Å². The van der Waals surface area contributed by atoms with E-state index in [1.165, 1.54) is 119 Å². The van der Waals surface area contributed by atoms with Crippen LogP contribution in [0.1, 0.15) is 76.6 Å². The average molecular weight is 799 g/mol. The van der Waals surface area contributed by atoms with Crippen LogP contribution in [0.15, 0.2) is 176 Å². The predicted molar refractivity (Wildman–Crippen MR) is 264 cm³/mol. The number of benzene rings is 8. The van der Waals surface area contributed by atoms with Gasteiger partial charge in [-0.2, -0.15) is 0 Å². The van der Waals surface area contributed by atoms with E-state index in [0.717, 1.165) is 0 Å². The first-order valence-electron chi connectivity index (χ1n) is 22.5. The Morgan fingerprint density at radius 3 is 1.63 bits per heavy atom. The lowest BCUT2D eigenvalue weighted by atomic mass is 9.42. The first-order valence-corrected chi connectivity index (χ1v) is 22.5. The molecule has 0 unspecified atom stereocenters. The molecular weight excluding hydrogens is 747 g/mol. The van der Waals surface area contributed by atoms with Gasteiger partial charge in [0.15, 0.2) is 0 Å². The molecule has 0 atom stereocenters. The molecule has 0 amide bonds. The molecule has 3 heteroatoms. The van der Waals surface area contributed by atoms with Gasteiger partial charge in [-0.15, -0.1) is 0 Å². The molecule has 0 spiro atoms. The topological polar surface area (TPSA) is 6.48 Å². The third kappa shape index (κ3) is 5.37. The summed E-state index contributed by atoms with van der Waals surface area (Å²) in [7, 11) is 0. The van der Waals surface area contributed by atoms with Gasteiger partial charge in [-0.1, -0.05) is 175 Å². The van der Waals surface area contributed by atoms with E-state index in [9.17, 15) is 0 Å². The van der Waals surface area contributed by atoms with E-state index in [-0.39, 0.29) is 23.1 Å². The summed E-state index contributed by atoms with van der Waals surface area (Å²) in [4.78, 5) is 5.37. The Balaban J connectivity index is 1.21. The van der Waals surface area contributed by atoms with Crippen molar-refractivity contribution in [3.8, 4) is 44.5 Å². The van der Waals surface area contributed by atoms with Gasteiger partial charge in [0.2, 0.25) is 0 Å². The number of para-hydroxylation sites is 1. The van der Waals surface area contributed by atoms with Crippen molar-refractivity contribution in [1.29, 1.82) is 0 Å². The maximum Gasteiger partial charge on any atom is 0.333 e. The smallest absolute Gasteiger partial charge is 0.333 e. The number of anilines is 5. The Bertz CT molecular complexity index is 3110. The minimum atomic E-state index is -0.226. The molecule has 0 N–H and O–H groups in total. The Kier molecular flexibility index (Phi) is 7.93. The second kappa shape index (κ2) is 13.2. The quantitative estimate of drug-likeness (QED) is 0.164. The normalized spacial score (nSPS) is 16.7. The van der Waals surface area contributed by atoms with Crippen molar-refractivity contribution in [1.82, 2.24) is 0 Å². The van der Waals surface area contributed by atoms with Crippen LogP contribution in [0, 0.1) is 0 Å². The lowest BCUT2D eigenvalue weighted by Gasteiger charge is -2.52. The van der Waals surface area contributed by atoms with Crippen LogP contribution in [0.4, 0.5) is 28.4 Å². The molecule has 3 heterocycles. The number of hydrogen-bond donors (Lipinski definition) is 0. The molecule has 0 saturated heterocycles. The molecule has 62 heavy (non-hydrogen) atoms. The van der Waals surface area contributed by atoms with Gasteiger partial charge < -0.3 is 9.71 Å². The van der Waals surface area contributed by atoms with Gasteiger partial charge in [0.25, 0.3) is 0 Å². The Hall–Kier alpha value is -6.58. The van der Waals surface area contributed by atoms with Crippen molar-refractivity contribution in [3.63, 3.8) is 0 Å². The Morgan fingerprint density at radius 1 is 0.403 bits per heavy atom. The van der Waals surface area contributed by atoms with E-state index in [4.69, 9.17) is 0 Å². The third-order valence-corrected chi connectivity index (χ3v) is 15.1. The van der Waals surface area contributed by atoms with E-state index < -0.39 is 0 Å². The number of hydrogen-bond acceptors (Lipinski definition) is 2. The van der Waals surface area contributed by atoms with Crippen molar-refractivity contribution < 1.29 is 0 Å². The highest BCUT2D eigenvalue weighted by Gasteiger charge is 2.51. The molecule has 0 aromatic heterocycles. The number of rotatable bonds is 4. The summed E-state index contributed by atoms with van der Waals surface area (Å²) in [5.41, 5.74) is 24.7. The van der Waals surface area contributed by atoms with Crippen LogP contribution in [-0.4, -0.2) is 6.85 Å². The zero-order chi connectivity index (χ0) is 42.1. The molecule has 3 aliphatic heterocycles. The van der Waals surface area contributed by atoms with Gasteiger partial charge >= 0.3 is 6.85 Å². The number of fused-ring (bicyclic) bond motifs is 7. The predicted octanol–water partition coefficient (Wildman–Crippen LogP) is 14.4. The molecule has 0 fully saturated rings. The van der Waals surface area contributed by atoms with Crippen molar-refractivity contribution in [2.75, 3.05) is 9.71 Å². The summed E-state index contributed by atoms with van der Waals surface area (Å²) in [6.07, 6.45) is 2.37. The summed E-state index contributed by atoms with van der Waals surface area (Å²) in [5.74, 6) is 0. The van der Waals surface area contributed by atoms with E-state index in [1.807, 2.05) is 0 Å². The van der Waals surface area contributed by atoms with Crippen LogP contribution >= 0.6 is 0 Å². The zero-order valence-corrected chi connectivity index (χ0v) is 36.6. The fourth-order valence-corrected chi connectivity index (χ4v) is 11.6. The van der Waals surface area contributed by atoms with E-state index in [0.29, 0.717) is 0 Å². The van der Waals surface area contributed by atoms with E-state index >= 15 is 0 Å². The second-order valence-electron chi connectivity index (χ2n) is 20.0. The van der Waals surface area contributed by atoms with Gasteiger partial charge in [-0.05, 0) is 138 Å². The Morgan fingerprint density at radius 2 is 0.968 bits per heavy atom. The van der Waals surface area contributed by atoms with Crippen LogP contribution in [0.2, 0.25) is 0 Å². The van der Waals surface area contributed by atoms with Crippen LogP contribution < -0.4 is 20.6 Å². The molecule has 0 saturated carbocycles. The highest BCUT2D eigenvalue weighted by molar-refractivity contribution is 6.93. The maximum absolute atomic E-state index is 2.70. The molecule has 8 aromatic carbocycles. The lowest BCUT2D eigenvalue weighted by molar-refractivity contribution is 0.331. The van der Waals surface area contributed by atoms with Crippen LogP contribution in [0.5, 0.6) is 0 Å². The molecule has 4 aliphatic rings. The minimum absolute atomic E-state index is 0.0672. The highest BCUT2D eigenvalue weighted by atomic mass is 15.2. The highest BCUT2D eigenvalue weighted by Crippen LogP contribution is 2.58. The zero-order valence-electron chi connectivity index (χ0n) is 36.6. The van der Waals surface area contributed by atoms with Gasteiger partial charge in [-0.25, -0.2) is 0 Å². The average Bonchev–Trinajstić information content (AvgIpc) is 3.30. The molecule has 12 rings (SSSR count). The molecule has 2 nitrogen and oxygen atoms in total. The summed E-state index contributed by atoms with van der Waals surface area (Å²) in [6, 6.07) is 66.6. The fraction of sp³-hybridized carbons (Fsp3) is 0.186. The van der Waals surface area contributed by atoms with Gasteiger partial charge in [-0.3, -0.25) is 0 Å². The monoisotopic (exact) mass is 798 g/mol. The van der Waals surface area contributed by atoms with Crippen molar-refractivity contribution >= 4 is 46.2 Å². The fourth-order valence-electron chi connectivity index (χ4n) is 11.6. The third-order valence-electron chi connectivity index (χ3n) is 15.1. The van der Waals surface area contributed by atoms with Crippen molar-refractivity contribution in [3.05, 3.63) is 198 Å². The van der Waals surface area contributed by atoms with Crippen molar-refractivity contribution in [2.45, 2.75) is 70.6 Å². The standard InChI is InChI=1S/C59H51BN2/c1-57(2)30-31-58(3,4)49-37-53-50(36-48(49)57)59(5,6)47-26-17-27-51-56(47)61(53)54-35-43(40-22-14-9-15-23-40)34-46-45-33-42(39-20-12-8-13-21-39)28-29-52(45)62(60(51)55(46)54)44-25-16-24-41(32-44)38-18-10-7-11-19-38/h7-29,32-37H,30-31H2,1-6H3. The van der Waals surface area contributed by atoms with Gasteiger partial charge in [0, 0.05) is 33.7 Å². The molecule has 300 valence electrons. The largest absolute Gasteiger partial charge is 0.376 e. The SMILES string of the molecule is CC1(C)CCC(C)(C)c2cc3c(cc21)N1c2cc(-c4ccccc4)cc4c2B(c2cccc(c21)C3(C)C)N(c1cccc(-c2ccccc2)c1)c1ccc(-c2ccccc2)cc1-4. The first kappa shape index (κ1) is 37.2. The second-order valence-corrected chi connectivity index (χ2v) is 20.0.